The molecule has 0 saturated heterocycles. The molecular weight excluding hydrogens is 440 g/mol. The number of esters is 1. The van der Waals surface area contributed by atoms with E-state index in [0.717, 1.165) is 21.2 Å². The first-order chi connectivity index (χ1) is 16.1. The average Bonchev–Trinajstić information content (AvgIpc) is 3.32. The number of rotatable bonds is 4. The van der Waals surface area contributed by atoms with Crippen LogP contribution in [-0.4, -0.2) is 25.3 Å². The maximum absolute atomic E-state index is 13.1. The Kier molecular flexibility index (Phi) is 5.47. The number of para-hydroxylation sites is 2. The molecule has 3 aromatic carbocycles. The van der Waals surface area contributed by atoms with Gasteiger partial charge >= 0.3 is 5.97 Å². The van der Waals surface area contributed by atoms with Crippen molar-refractivity contribution in [3.8, 4) is 17.6 Å². The molecule has 162 valence electrons. The van der Waals surface area contributed by atoms with Gasteiger partial charge in [0.2, 0.25) is 6.79 Å². The zero-order chi connectivity index (χ0) is 22.8. The third-order valence-corrected chi connectivity index (χ3v) is 6.19. The summed E-state index contributed by atoms with van der Waals surface area (Å²) < 4.78 is 15.8. The minimum atomic E-state index is -0.878. The molecule has 1 amide bonds. The number of benzene rings is 3. The smallest absolute Gasteiger partial charge is 0.349 e. The van der Waals surface area contributed by atoms with Crippen molar-refractivity contribution in [2.75, 3.05) is 18.3 Å². The minimum Gasteiger partial charge on any atom is -0.454 e. The predicted octanol–water partition coefficient (Wildman–Crippen LogP) is 4.69. The number of nitrogens with zero attached hydrogens (tertiary/aromatic N) is 2. The molecule has 0 aromatic heterocycles. The number of fused-ring (bicyclic) bond motifs is 3. The van der Waals surface area contributed by atoms with E-state index >= 15 is 0 Å². The summed E-state index contributed by atoms with van der Waals surface area (Å²) in [6.45, 7) is -0.384. The summed E-state index contributed by atoms with van der Waals surface area (Å²) in [6.07, 6.45) is 1.39. The van der Waals surface area contributed by atoms with Crippen molar-refractivity contribution in [3.05, 3.63) is 77.9 Å². The van der Waals surface area contributed by atoms with Crippen LogP contribution >= 0.6 is 11.8 Å². The Bertz CT molecular complexity index is 1300. The number of nitriles is 1. The van der Waals surface area contributed by atoms with Crippen molar-refractivity contribution in [3.63, 3.8) is 0 Å². The molecule has 0 radical (unpaired) electrons. The number of hydrogen-bond donors (Lipinski definition) is 0. The maximum atomic E-state index is 13.1. The van der Waals surface area contributed by atoms with E-state index in [1.54, 1.807) is 34.9 Å². The van der Waals surface area contributed by atoms with Crippen molar-refractivity contribution in [2.24, 2.45) is 0 Å². The number of amides is 1. The lowest BCUT2D eigenvalue weighted by molar-refractivity contribution is -0.143. The van der Waals surface area contributed by atoms with Crippen molar-refractivity contribution < 1.29 is 23.8 Å². The van der Waals surface area contributed by atoms with Crippen LogP contribution in [-0.2, 0) is 14.3 Å². The Hall–Kier alpha value is -4.22. The number of ether oxygens (including phenoxy) is 3. The highest BCUT2D eigenvalue weighted by Gasteiger charge is 2.28. The molecule has 2 aliphatic heterocycles. The van der Waals surface area contributed by atoms with E-state index in [2.05, 4.69) is 0 Å². The van der Waals surface area contributed by atoms with Crippen LogP contribution in [0.2, 0.25) is 0 Å². The van der Waals surface area contributed by atoms with Gasteiger partial charge in [0.05, 0.1) is 11.4 Å². The van der Waals surface area contributed by atoms with E-state index in [-0.39, 0.29) is 12.4 Å². The van der Waals surface area contributed by atoms with Gasteiger partial charge in [0.15, 0.2) is 18.1 Å². The highest BCUT2D eigenvalue weighted by molar-refractivity contribution is 7.99. The van der Waals surface area contributed by atoms with Crippen molar-refractivity contribution in [1.82, 2.24) is 0 Å². The molecule has 0 atom stereocenters. The summed E-state index contributed by atoms with van der Waals surface area (Å²) in [5.74, 6) is -0.163. The van der Waals surface area contributed by atoms with Crippen molar-refractivity contribution >= 4 is 41.1 Å². The van der Waals surface area contributed by atoms with Crippen LogP contribution < -0.4 is 14.4 Å². The summed E-state index contributed by atoms with van der Waals surface area (Å²) in [4.78, 5) is 29.1. The topological polar surface area (TPSA) is 88.9 Å². The van der Waals surface area contributed by atoms with E-state index < -0.39 is 18.5 Å². The highest BCUT2D eigenvalue weighted by atomic mass is 32.2. The van der Waals surface area contributed by atoms with Gasteiger partial charge in [0, 0.05) is 9.79 Å². The number of carbonyl (C=O) groups excluding carboxylic acids is 2. The van der Waals surface area contributed by atoms with Crippen LogP contribution in [0.25, 0.3) is 6.08 Å². The van der Waals surface area contributed by atoms with Crippen LogP contribution in [0.3, 0.4) is 0 Å². The fourth-order valence-electron chi connectivity index (χ4n) is 3.55. The molecule has 0 fully saturated rings. The molecule has 0 spiro atoms. The van der Waals surface area contributed by atoms with Crippen LogP contribution in [0.15, 0.2) is 82.1 Å². The summed E-state index contributed by atoms with van der Waals surface area (Å²) in [5.41, 5.74) is 1.80. The Morgan fingerprint density at radius 3 is 2.36 bits per heavy atom. The van der Waals surface area contributed by atoms with Gasteiger partial charge in [-0.3, -0.25) is 9.69 Å². The Morgan fingerprint density at radius 1 is 1.00 bits per heavy atom. The quantitative estimate of drug-likeness (QED) is 0.320. The van der Waals surface area contributed by atoms with Gasteiger partial charge in [0.1, 0.15) is 11.6 Å². The van der Waals surface area contributed by atoms with Crippen LogP contribution in [0.1, 0.15) is 5.56 Å². The van der Waals surface area contributed by atoms with Gasteiger partial charge in [-0.1, -0.05) is 42.1 Å². The van der Waals surface area contributed by atoms with Crippen LogP contribution in [0.4, 0.5) is 11.4 Å². The molecule has 0 saturated carbocycles. The molecule has 3 aromatic rings. The molecule has 0 N–H and O–H groups in total. The SMILES string of the molecule is N#C/C(=C/c1ccc2c(c1)OCO2)C(=O)OCC(=O)N1c2ccccc2Sc2ccccc21. The third kappa shape index (κ3) is 4.02. The molecule has 0 aliphatic carbocycles. The maximum Gasteiger partial charge on any atom is 0.349 e. The lowest BCUT2D eigenvalue weighted by atomic mass is 10.1. The van der Waals surface area contributed by atoms with Gasteiger partial charge in [0.25, 0.3) is 5.91 Å². The predicted molar refractivity (Wildman–Crippen MR) is 121 cm³/mol. The van der Waals surface area contributed by atoms with E-state index in [9.17, 15) is 14.9 Å². The Balaban J connectivity index is 1.34. The summed E-state index contributed by atoms with van der Waals surface area (Å²) in [6, 6.07) is 22.0. The van der Waals surface area contributed by atoms with Gasteiger partial charge in [-0.25, -0.2) is 4.79 Å². The molecule has 2 aliphatic rings. The molecule has 8 heteroatoms. The second-order valence-electron chi connectivity index (χ2n) is 7.13. The Labute approximate surface area is 193 Å². The molecule has 33 heavy (non-hydrogen) atoms. The zero-order valence-electron chi connectivity index (χ0n) is 17.2. The van der Waals surface area contributed by atoms with Gasteiger partial charge in [-0.15, -0.1) is 0 Å². The fourth-order valence-corrected chi connectivity index (χ4v) is 4.61. The largest absolute Gasteiger partial charge is 0.454 e. The van der Waals surface area contributed by atoms with E-state index in [0.29, 0.717) is 17.1 Å². The van der Waals surface area contributed by atoms with Gasteiger partial charge in [-0.05, 0) is 48.0 Å². The fraction of sp³-hybridized carbons (Fsp3) is 0.0800. The molecule has 5 rings (SSSR count). The normalized spacial score (nSPS) is 13.5. The first-order valence-corrected chi connectivity index (χ1v) is 10.8. The first-order valence-electron chi connectivity index (χ1n) is 10.0. The van der Waals surface area contributed by atoms with Crippen molar-refractivity contribution in [2.45, 2.75) is 9.79 Å². The monoisotopic (exact) mass is 456 g/mol. The van der Waals surface area contributed by atoms with Crippen LogP contribution in [0.5, 0.6) is 11.5 Å². The molecule has 0 bridgehead atoms. The molecule has 7 nitrogen and oxygen atoms in total. The minimum absolute atomic E-state index is 0.124. The third-order valence-electron chi connectivity index (χ3n) is 5.06. The number of hydrogen-bond acceptors (Lipinski definition) is 7. The second kappa shape index (κ2) is 8.73. The lowest BCUT2D eigenvalue weighted by Gasteiger charge is -2.30. The van der Waals surface area contributed by atoms with E-state index in [1.165, 1.54) is 6.08 Å². The number of anilines is 2. The summed E-state index contributed by atoms with van der Waals surface area (Å²) in [7, 11) is 0. The lowest BCUT2D eigenvalue weighted by Crippen LogP contribution is -2.32. The van der Waals surface area contributed by atoms with Gasteiger partial charge < -0.3 is 14.2 Å². The summed E-state index contributed by atoms with van der Waals surface area (Å²) in [5, 5.41) is 9.45. The number of carbonyl (C=O) groups is 2. The molecule has 0 unspecified atom stereocenters. The molecular formula is C25H16N2O5S. The van der Waals surface area contributed by atoms with E-state index in [1.807, 2.05) is 54.6 Å². The Morgan fingerprint density at radius 2 is 1.67 bits per heavy atom. The zero-order valence-corrected chi connectivity index (χ0v) is 18.0. The van der Waals surface area contributed by atoms with Crippen molar-refractivity contribution in [1.29, 1.82) is 5.26 Å². The van der Waals surface area contributed by atoms with E-state index in [4.69, 9.17) is 14.2 Å². The second-order valence-corrected chi connectivity index (χ2v) is 8.21. The van der Waals surface area contributed by atoms with Gasteiger partial charge in [-0.2, -0.15) is 5.26 Å². The highest BCUT2D eigenvalue weighted by Crippen LogP contribution is 2.47. The summed E-state index contributed by atoms with van der Waals surface area (Å²) >= 11 is 1.57. The first kappa shape index (κ1) is 20.7. The molecule has 2 heterocycles. The van der Waals surface area contributed by atoms with Crippen LogP contribution in [0, 0.1) is 11.3 Å². The standard InChI is InChI=1S/C25H16N2O5S/c26-13-17(11-16-9-10-20-21(12-16)32-15-31-20)25(29)30-14-24(28)27-18-5-1-3-7-22(18)33-23-8-4-2-6-19(23)27/h1-12H,14-15H2/b17-11-. The average molecular weight is 456 g/mol.